The molecule has 1 atom stereocenters. The average Bonchev–Trinajstić information content (AvgIpc) is 2.52. The minimum Gasteiger partial charge on any atom is -0.377 e. The van der Waals surface area contributed by atoms with E-state index in [4.69, 9.17) is 4.74 Å². The van der Waals surface area contributed by atoms with Crippen molar-refractivity contribution in [1.82, 2.24) is 10.6 Å². The fourth-order valence-corrected chi connectivity index (χ4v) is 2.36. The summed E-state index contributed by atoms with van der Waals surface area (Å²) in [4.78, 5) is 12.0. The monoisotopic (exact) mass is 312 g/mol. The largest absolute Gasteiger partial charge is 0.377 e. The highest BCUT2D eigenvalue weighted by atomic mass is 35.5. The lowest BCUT2D eigenvalue weighted by Gasteiger charge is -2.22. The van der Waals surface area contributed by atoms with E-state index in [0.29, 0.717) is 13.2 Å². The van der Waals surface area contributed by atoms with Crippen LogP contribution in [0.1, 0.15) is 37.3 Å². The van der Waals surface area contributed by atoms with Crippen LogP contribution in [0.25, 0.3) is 0 Å². The van der Waals surface area contributed by atoms with Gasteiger partial charge in [-0.05, 0) is 37.4 Å². The molecule has 21 heavy (non-hydrogen) atoms. The number of halogens is 1. The number of carbonyl (C=O) groups excluding carboxylic acids is 1. The van der Waals surface area contributed by atoms with Gasteiger partial charge in [0.1, 0.15) is 0 Å². The van der Waals surface area contributed by atoms with Gasteiger partial charge in [0.25, 0.3) is 0 Å². The molecule has 0 saturated carbocycles. The molecule has 0 aliphatic carbocycles. The number of benzene rings is 1. The van der Waals surface area contributed by atoms with Gasteiger partial charge in [0, 0.05) is 13.2 Å². The van der Waals surface area contributed by atoms with Crippen molar-refractivity contribution in [2.75, 3.05) is 13.2 Å². The number of piperidine rings is 1. The van der Waals surface area contributed by atoms with E-state index in [1.807, 2.05) is 19.1 Å². The van der Waals surface area contributed by atoms with Crippen molar-refractivity contribution in [3.8, 4) is 0 Å². The molecule has 1 amide bonds. The number of rotatable bonds is 6. The first kappa shape index (κ1) is 18.0. The van der Waals surface area contributed by atoms with E-state index in [0.717, 1.165) is 37.1 Å². The van der Waals surface area contributed by atoms with Gasteiger partial charge in [-0.2, -0.15) is 0 Å². The van der Waals surface area contributed by atoms with Crippen LogP contribution in [0.15, 0.2) is 24.3 Å². The van der Waals surface area contributed by atoms with Crippen LogP contribution in [-0.2, 0) is 22.7 Å². The Morgan fingerprint density at radius 2 is 2.00 bits per heavy atom. The second kappa shape index (κ2) is 9.77. The van der Waals surface area contributed by atoms with Gasteiger partial charge in [-0.15, -0.1) is 12.4 Å². The van der Waals surface area contributed by atoms with Gasteiger partial charge in [0.2, 0.25) is 5.91 Å². The highest BCUT2D eigenvalue weighted by molar-refractivity contribution is 5.85. The van der Waals surface area contributed by atoms with Crippen LogP contribution >= 0.6 is 12.4 Å². The standard InChI is InChI=1S/C16H24N2O2.ClH/c1-2-20-12-14-8-6-13(7-9-14)11-18-16(19)15-5-3-4-10-17-15;/h6-9,15,17H,2-5,10-12H2,1H3,(H,18,19);1H. The molecule has 0 bridgehead atoms. The molecular formula is C16H25ClN2O2. The quantitative estimate of drug-likeness (QED) is 0.848. The zero-order valence-corrected chi connectivity index (χ0v) is 13.4. The smallest absolute Gasteiger partial charge is 0.237 e. The predicted octanol–water partition coefficient (Wildman–Crippen LogP) is 2.40. The van der Waals surface area contributed by atoms with E-state index < -0.39 is 0 Å². The molecule has 118 valence electrons. The maximum atomic E-state index is 12.0. The van der Waals surface area contributed by atoms with Gasteiger partial charge in [0.05, 0.1) is 12.6 Å². The average molecular weight is 313 g/mol. The summed E-state index contributed by atoms with van der Waals surface area (Å²) in [5.74, 6) is 0.114. The van der Waals surface area contributed by atoms with Crippen molar-refractivity contribution in [3.05, 3.63) is 35.4 Å². The van der Waals surface area contributed by atoms with Gasteiger partial charge >= 0.3 is 0 Å². The maximum absolute atomic E-state index is 12.0. The molecular weight excluding hydrogens is 288 g/mol. The van der Waals surface area contributed by atoms with Crippen LogP contribution in [0.2, 0.25) is 0 Å². The Hall–Kier alpha value is -1.10. The second-order valence-electron chi connectivity index (χ2n) is 5.17. The SMILES string of the molecule is CCOCc1ccc(CNC(=O)C2CCCCN2)cc1.Cl. The maximum Gasteiger partial charge on any atom is 0.237 e. The number of nitrogens with one attached hydrogen (secondary N) is 2. The third kappa shape index (κ3) is 6.04. The Bertz CT molecular complexity index is 417. The minimum absolute atomic E-state index is 0. The van der Waals surface area contributed by atoms with Crippen LogP contribution in [0.3, 0.4) is 0 Å². The van der Waals surface area contributed by atoms with Gasteiger partial charge in [-0.25, -0.2) is 0 Å². The first-order chi connectivity index (χ1) is 9.79. The Balaban J connectivity index is 0.00000220. The number of hydrogen-bond donors (Lipinski definition) is 2. The van der Waals surface area contributed by atoms with Crippen molar-refractivity contribution < 1.29 is 9.53 Å². The number of hydrogen-bond acceptors (Lipinski definition) is 3. The molecule has 0 aromatic heterocycles. The Morgan fingerprint density at radius 1 is 1.29 bits per heavy atom. The Labute approximate surface area is 133 Å². The van der Waals surface area contributed by atoms with Gasteiger partial charge in [-0.1, -0.05) is 30.7 Å². The van der Waals surface area contributed by atoms with Crippen LogP contribution < -0.4 is 10.6 Å². The number of amides is 1. The molecule has 1 aromatic rings. The summed E-state index contributed by atoms with van der Waals surface area (Å²) in [7, 11) is 0. The molecule has 2 rings (SSSR count). The first-order valence-corrected chi connectivity index (χ1v) is 7.46. The lowest BCUT2D eigenvalue weighted by Crippen LogP contribution is -2.46. The van der Waals surface area contributed by atoms with Gasteiger partial charge < -0.3 is 15.4 Å². The summed E-state index contributed by atoms with van der Waals surface area (Å²) in [5.41, 5.74) is 2.28. The van der Waals surface area contributed by atoms with Crippen molar-refractivity contribution in [2.24, 2.45) is 0 Å². The number of carbonyl (C=O) groups is 1. The Kier molecular flexibility index (Phi) is 8.35. The summed E-state index contributed by atoms with van der Waals surface area (Å²) in [5, 5.41) is 6.26. The molecule has 1 heterocycles. The van der Waals surface area contributed by atoms with Crippen molar-refractivity contribution in [3.63, 3.8) is 0 Å². The molecule has 1 unspecified atom stereocenters. The van der Waals surface area contributed by atoms with Crippen LogP contribution in [-0.4, -0.2) is 25.1 Å². The molecule has 1 saturated heterocycles. The fourth-order valence-electron chi connectivity index (χ4n) is 2.36. The molecule has 0 radical (unpaired) electrons. The van der Waals surface area contributed by atoms with E-state index in [9.17, 15) is 4.79 Å². The topological polar surface area (TPSA) is 50.4 Å². The molecule has 0 spiro atoms. The van der Waals surface area contributed by atoms with Crippen molar-refractivity contribution in [1.29, 1.82) is 0 Å². The summed E-state index contributed by atoms with van der Waals surface area (Å²) in [6.45, 7) is 4.90. The fraction of sp³-hybridized carbons (Fsp3) is 0.562. The molecule has 1 fully saturated rings. The molecule has 5 heteroatoms. The van der Waals surface area contributed by atoms with E-state index in [1.165, 1.54) is 6.42 Å². The zero-order valence-electron chi connectivity index (χ0n) is 12.6. The third-order valence-corrected chi connectivity index (χ3v) is 3.59. The summed E-state index contributed by atoms with van der Waals surface area (Å²) >= 11 is 0. The molecule has 1 aliphatic heterocycles. The van der Waals surface area contributed by atoms with Crippen molar-refractivity contribution in [2.45, 2.75) is 45.4 Å². The summed E-state index contributed by atoms with van der Waals surface area (Å²) in [6.07, 6.45) is 3.25. The first-order valence-electron chi connectivity index (χ1n) is 7.46. The highest BCUT2D eigenvalue weighted by Gasteiger charge is 2.19. The third-order valence-electron chi connectivity index (χ3n) is 3.59. The van der Waals surface area contributed by atoms with Crippen LogP contribution in [0.4, 0.5) is 0 Å². The van der Waals surface area contributed by atoms with Gasteiger partial charge in [0.15, 0.2) is 0 Å². The summed E-state index contributed by atoms with van der Waals surface area (Å²) < 4.78 is 5.36. The van der Waals surface area contributed by atoms with Crippen LogP contribution in [0, 0.1) is 0 Å². The molecule has 1 aromatic carbocycles. The van der Waals surface area contributed by atoms with Crippen molar-refractivity contribution >= 4 is 18.3 Å². The molecule has 1 aliphatic rings. The van der Waals surface area contributed by atoms with E-state index in [2.05, 4.69) is 22.8 Å². The highest BCUT2D eigenvalue weighted by Crippen LogP contribution is 2.08. The van der Waals surface area contributed by atoms with Gasteiger partial charge in [-0.3, -0.25) is 4.79 Å². The second-order valence-corrected chi connectivity index (χ2v) is 5.17. The minimum atomic E-state index is -0.0130. The molecule has 4 nitrogen and oxygen atoms in total. The predicted molar refractivity (Wildman–Crippen MR) is 86.5 cm³/mol. The Morgan fingerprint density at radius 3 is 2.62 bits per heavy atom. The molecule has 2 N–H and O–H groups in total. The van der Waals surface area contributed by atoms with E-state index >= 15 is 0 Å². The zero-order chi connectivity index (χ0) is 14.2. The normalized spacial score (nSPS) is 17.9. The lowest BCUT2D eigenvalue weighted by molar-refractivity contribution is -0.123. The summed E-state index contributed by atoms with van der Waals surface area (Å²) in [6, 6.07) is 8.18. The van der Waals surface area contributed by atoms with Crippen LogP contribution in [0.5, 0.6) is 0 Å². The number of ether oxygens (including phenoxy) is 1. The van der Waals surface area contributed by atoms with E-state index in [1.54, 1.807) is 0 Å². The van der Waals surface area contributed by atoms with E-state index in [-0.39, 0.29) is 24.4 Å². The lowest BCUT2D eigenvalue weighted by atomic mass is 10.0.